The first kappa shape index (κ1) is 15.6. The fourth-order valence-electron chi connectivity index (χ4n) is 3.22. The van der Waals surface area contributed by atoms with Crippen LogP contribution in [-0.4, -0.2) is 51.6 Å². The number of hydrogen-bond acceptors (Lipinski definition) is 4. The van der Waals surface area contributed by atoms with Crippen molar-refractivity contribution in [3.8, 4) is 11.3 Å². The number of carbonyl (C=O) groups is 1. The number of aromatic nitrogens is 3. The molecule has 1 aliphatic rings. The van der Waals surface area contributed by atoms with Crippen LogP contribution in [-0.2, 0) is 0 Å². The highest BCUT2D eigenvalue weighted by Crippen LogP contribution is 2.17. The van der Waals surface area contributed by atoms with E-state index in [0.717, 1.165) is 25.1 Å². The largest absolute Gasteiger partial charge is 0.348 e. The number of carbonyl (C=O) groups excluding carboxylic acids is 1. The van der Waals surface area contributed by atoms with Crippen molar-refractivity contribution in [3.05, 3.63) is 58.5 Å². The second kappa shape index (κ2) is 6.18. The molecule has 7 heteroatoms. The maximum atomic E-state index is 12.6. The van der Waals surface area contributed by atoms with Gasteiger partial charge < -0.3 is 10.2 Å². The summed E-state index contributed by atoms with van der Waals surface area (Å²) in [5.41, 5.74) is 1.87. The Balaban J connectivity index is 1.71. The molecule has 1 aromatic carbocycles. The van der Waals surface area contributed by atoms with Crippen molar-refractivity contribution in [1.29, 1.82) is 0 Å². The number of likely N-dealkylation sites (N-methyl/N-ethyl adjacent to an activating group) is 1. The van der Waals surface area contributed by atoms with Crippen LogP contribution in [0.25, 0.3) is 16.9 Å². The van der Waals surface area contributed by atoms with Gasteiger partial charge in [-0.1, -0.05) is 30.3 Å². The van der Waals surface area contributed by atoms with Crippen molar-refractivity contribution in [2.45, 2.75) is 12.5 Å². The number of nitrogens with zero attached hydrogens (tertiary/aromatic N) is 3. The molecular weight excluding hydrogens is 318 g/mol. The average molecular weight is 337 g/mol. The summed E-state index contributed by atoms with van der Waals surface area (Å²) in [4.78, 5) is 31.7. The smallest absolute Gasteiger partial charge is 0.273 e. The minimum absolute atomic E-state index is 0.122. The topological polar surface area (TPSA) is 82.5 Å². The Kier molecular flexibility index (Phi) is 3.85. The van der Waals surface area contributed by atoms with Gasteiger partial charge in [0.2, 0.25) is 0 Å². The molecule has 1 amide bonds. The van der Waals surface area contributed by atoms with Gasteiger partial charge in [-0.3, -0.25) is 14.7 Å². The van der Waals surface area contributed by atoms with E-state index in [4.69, 9.17) is 0 Å². The predicted octanol–water partition coefficient (Wildman–Crippen LogP) is 1.12. The molecule has 2 aromatic heterocycles. The monoisotopic (exact) mass is 337 g/mol. The minimum atomic E-state index is -0.247. The third kappa shape index (κ3) is 2.94. The lowest BCUT2D eigenvalue weighted by atomic mass is 10.1. The van der Waals surface area contributed by atoms with Crippen molar-refractivity contribution in [2.24, 2.45) is 0 Å². The molecule has 3 heterocycles. The van der Waals surface area contributed by atoms with Gasteiger partial charge in [0.25, 0.3) is 11.5 Å². The maximum Gasteiger partial charge on any atom is 0.273 e. The van der Waals surface area contributed by atoms with E-state index in [9.17, 15) is 9.59 Å². The first-order valence-corrected chi connectivity index (χ1v) is 8.28. The molecule has 1 saturated heterocycles. The van der Waals surface area contributed by atoms with E-state index in [-0.39, 0.29) is 17.5 Å². The Morgan fingerprint density at radius 2 is 2.12 bits per heavy atom. The van der Waals surface area contributed by atoms with Gasteiger partial charge >= 0.3 is 0 Å². The van der Waals surface area contributed by atoms with Crippen LogP contribution in [0.15, 0.2) is 47.4 Å². The first-order valence-electron chi connectivity index (χ1n) is 8.28. The molecule has 0 radical (unpaired) electrons. The Labute approximate surface area is 144 Å². The van der Waals surface area contributed by atoms with Gasteiger partial charge in [-0.05, 0) is 20.0 Å². The fourth-order valence-corrected chi connectivity index (χ4v) is 3.22. The van der Waals surface area contributed by atoms with Crippen LogP contribution in [0.3, 0.4) is 0 Å². The summed E-state index contributed by atoms with van der Waals surface area (Å²) in [7, 11) is 2.03. The summed E-state index contributed by atoms with van der Waals surface area (Å²) >= 11 is 0. The van der Waals surface area contributed by atoms with Crippen molar-refractivity contribution in [1.82, 2.24) is 24.8 Å². The molecular formula is C18H19N5O2. The zero-order valence-electron chi connectivity index (χ0n) is 13.9. The van der Waals surface area contributed by atoms with Crippen molar-refractivity contribution in [2.75, 3.05) is 20.1 Å². The molecule has 1 fully saturated rings. The van der Waals surface area contributed by atoms with E-state index in [0.29, 0.717) is 16.9 Å². The van der Waals surface area contributed by atoms with E-state index in [2.05, 4.69) is 20.3 Å². The third-order valence-electron chi connectivity index (χ3n) is 4.54. The fraction of sp³-hybridized carbons (Fsp3) is 0.278. The third-order valence-corrected chi connectivity index (χ3v) is 4.54. The molecule has 1 aliphatic heterocycles. The van der Waals surface area contributed by atoms with Gasteiger partial charge in [0.15, 0.2) is 5.65 Å². The van der Waals surface area contributed by atoms with Crippen LogP contribution in [0.2, 0.25) is 0 Å². The summed E-state index contributed by atoms with van der Waals surface area (Å²) in [5.74, 6) is -0.212. The first-order chi connectivity index (χ1) is 12.1. The summed E-state index contributed by atoms with van der Waals surface area (Å²) in [6, 6.07) is 11.0. The van der Waals surface area contributed by atoms with Crippen LogP contribution in [0, 0.1) is 0 Å². The quantitative estimate of drug-likeness (QED) is 0.750. The molecule has 0 spiro atoms. The van der Waals surface area contributed by atoms with Gasteiger partial charge in [0, 0.05) is 30.4 Å². The number of benzene rings is 1. The van der Waals surface area contributed by atoms with Gasteiger partial charge in [-0.25, -0.2) is 9.50 Å². The number of likely N-dealkylation sites (tertiary alicyclic amines) is 1. The number of amides is 1. The zero-order valence-corrected chi connectivity index (χ0v) is 13.9. The normalized spacial score (nSPS) is 17.9. The second-order valence-corrected chi connectivity index (χ2v) is 6.41. The van der Waals surface area contributed by atoms with E-state index < -0.39 is 0 Å². The highest BCUT2D eigenvalue weighted by atomic mass is 16.2. The van der Waals surface area contributed by atoms with E-state index in [1.165, 1.54) is 16.8 Å². The molecule has 0 bridgehead atoms. The van der Waals surface area contributed by atoms with Crippen LogP contribution >= 0.6 is 0 Å². The van der Waals surface area contributed by atoms with Gasteiger partial charge in [-0.15, -0.1) is 0 Å². The SMILES string of the molecule is CN1CCC(NC(=O)c2c[nH]n3c(=O)cc(-c4ccccc4)nc23)C1. The lowest BCUT2D eigenvalue weighted by Crippen LogP contribution is -2.36. The van der Waals surface area contributed by atoms with Gasteiger partial charge in [-0.2, -0.15) is 0 Å². The summed E-state index contributed by atoms with van der Waals surface area (Å²) < 4.78 is 1.29. The molecule has 0 saturated carbocycles. The summed E-state index contributed by atoms with van der Waals surface area (Å²) in [6.07, 6.45) is 2.46. The highest BCUT2D eigenvalue weighted by molar-refractivity contribution is 6.00. The molecule has 128 valence electrons. The maximum absolute atomic E-state index is 12.6. The van der Waals surface area contributed by atoms with Crippen LogP contribution in [0.1, 0.15) is 16.8 Å². The molecule has 3 aromatic rings. The van der Waals surface area contributed by atoms with Crippen molar-refractivity contribution < 1.29 is 4.79 Å². The standard InChI is InChI=1S/C18H19N5O2/c1-22-8-7-13(11-22)20-18(25)14-10-19-23-16(24)9-15(21-17(14)23)12-5-3-2-4-6-12/h2-6,9-10,13,19H,7-8,11H2,1H3,(H,20,25). The molecule has 1 unspecified atom stereocenters. The Morgan fingerprint density at radius 3 is 2.84 bits per heavy atom. The molecule has 25 heavy (non-hydrogen) atoms. The van der Waals surface area contributed by atoms with Crippen LogP contribution in [0.5, 0.6) is 0 Å². The molecule has 7 nitrogen and oxygen atoms in total. The Hall–Kier alpha value is -2.93. The number of aromatic amines is 1. The minimum Gasteiger partial charge on any atom is -0.348 e. The summed E-state index contributed by atoms with van der Waals surface area (Å²) in [5, 5.41) is 5.85. The van der Waals surface area contributed by atoms with E-state index in [1.54, 1.807) is 0 Å². The summed E-state index contributed by atoms with van der Waals surface area (Å²) in [6.45, 7) is 1.80. The van der Waals surface area contributed by atoms with Crippen molar-refractivity contribution >= 4 is 11.6 Å². The molecule has 0 aliphatic carbocycles. The number of nitrogens with one attached hydrogen (secondary N) is 2. The average Bonchev–Trinajstić information content (AvgIpc) is 3.22. The van der Waals surface area contributed by atoms with Crippen LogP contribution < -0.4 is 10.9 Å². The number of rotatable bonds is 3. The molecule has 4 rings (SSSR count). The molecule has 1 atom stereocenters. The lowest BCUT2D eigenvalue weighted by molar-refractivity contribution is 0.0940. The number of hydrogen-bond donors (Lipinski definition) is 2. The van der Waals surface area contributed by atoms with E-state index in [1.807, 2.05) is 37.4 Å². The highest BCUT2D eigenvalue weighted by Gasteiger charge is 2.23. The predicted molar refractivity (Wildman–Crippen MR) is 94.6 cm³/mol. The zero-order chi connectivity index (χ0) is 17.4. The number of fused-ring (bicyclic) bond motifs is 1. The van der Waals surface area contributed by atoms with Crippen LogP contribution in [0.4, 0.5) is 0 Å². The van der Waals surface area contributed by atoms with Gasteiger partial charge in [0.1, 0.15) is 5.56 Å². The Bertz CT molecular complexity index is 976. The van der Waals surface area contributed by atoms with Gasteiger partial charge in [0.05, 0.1) is 5.69 Å². The second-order valence-electron chi connectivity index (χ2n) is 6.41. The Morgan fingerprint density at radius 1 is 1.32 bits per heavy atom. The lowest BCUT2D eigenvalue weighted by Gasteiger charge is -2.12. The number of H-pyrrole nitrogens is 1. The molecule has 2 N–H and O–H groups in total. The van der Waals surface area contributed by atoms with E-state index >= 15 is 0 Å². The van der Waals surface area contributed by atoms with Crippen molar-refractivity contribution in [3.63, 3.8) is 0 Å².